The van der Waals surface area contributed by atoms with E-state index >= 15 is 0 Å². The highest BCUT2D eigenvalue weighted by Gasteiger charge is 2.52. The molecule has 0 aliphatic carbocycles. The minimum Gasteiger partial charge on any atom is -0.506 e. The van der Waals surface area contributed by atoms with Crippen molar-refractivity contribution in [2.45, 2.75) is 18.1 Å². The van der Waals surface area contributed by atoms with Gasteiger partial charge in [0, 0.05) is 33.7 Å². The van der Waals surface area contributed by atoms with Gasteiger partial charge in [0.2, 0.25) is 5.72 Å². The number of carbonyl (C=O) groups is 2. The first kappa shape index (κ1) is 24.9. The maximum absolute atomic E-state index is 13.6. The zero-order valence-corrected chi connectivity index (χ0v) is 21.8. The van der Waals surface area contributed by atoms with Gasteiger partial charge in [-0.15, -0.1) is 0 Å². The smallest absolute Gasteiger partial charge is 0.359 e. The summed E-state index contributed by atoms with van der Waals surface area (Å²) >= 11 is 9.76. The van der Waals surface area contributed by atoms with Crippen molar-refractivity contribution in [1.29, 1.82) is 0 Å². The van der Waals surface area contributed by atoms with E-state index in [1.54, 1.807) is 60.7 Å². The summed E-state index contributed by atoms with van der Waals surface area (Å²) in [4.78, 5) is 31.8. The van der Waals surface area contributed by atoms with Crippen LogP contribution in [-0.2, 0) is 15.3 Å². The molecule has 1 aliphatic rings. The molecule has 0 bridgehead atoms. The second-order valence-corrected chi connectivity index (χ2v) is 9.94. The number of rotatable bonds is 7. The summed E-state index contributed by atoms with van der Waals surface area (Å²) in [6, 6.07) is 30.0. The fraction of sp³-hybridized carbons (Fsp3) is 0.100. The van der Waals surface area contributed by atoms with Crippen LogP contribution < -0.4 is 0 Å². The Balaban J connectivity index is 1.76. The van der Waals surface area contributed by atoms with E-state index in [0.29, 0.717) is 31.7 Å². The van der Waals surface area contributed by atoms with Gasteiger partial charge in [-0.3, -0.25) is 4.79 Å². The third-order valence-electron chi connectivity index (χ3n) is 6.34. The van der Waals surface area contributed by atoms with Gasteiger partial charge in [-0.25, -0.2) is 9.79 Å². The summed E-state index contributed by atoms with van der Waals surface area (Å²) in [6.07, 6.45) is -0.113. The summed E-state index contributed by atoms with van der Waals surface area (Å²) in [5.74, 6) is -1.82. The Labute approximate surface area is 227 Å². The molecule has 0 saturated heterocycles. The number of aliphatic imine (C=N–C) groups is 1. The number of Topliss-reactive ketones (excluding diaryl/α,β-unsaturated/α-hetero) is 1. The van der Waals surface area contributed by atoms with E-state index in [1.807, 2.05) is 42.5 Å². The van der Waals surface area contributed by atoms with E-state index in [2.05, 4.69) is 15.9 Å². The molecule has 0 aromatic heterocycles. The van der Waals surface area contributed by atoms with Crippen molar-refractivity contribution < 1.29 is 19.4 Å². The molecule has 1 aliphatic heterocycles. The van der Waals surface area contributed by atoms with Crippen LogP contribution in [0.2, 0.25) is 5.02 Å². The number of ether oxygens (including phenoxy) is 1. The molecule has 0 saturated carbocycles. The highest BCUT2D eigenvalue weighted by molar-refractivity contribution is 9.10. The average molecular weight is 575 g/mol. The SMILES string of the molecule is O=C1O[C@](c2ccccc2)([C@H](CC(=O)c2ccccc2)c2cc(Cl)cc(Br)c2O)N=C1c1ccccc1. The second-order valence-electron chi connectivity index (χ2n) is 8.65. The van der Waals surface area contributed by atoms with Crippen molar-refractivity contribution in [3.63, 3.8) is 0 Å². The topological polar surface area (TPSA) is 76.0 Å². The molecule has 5 nitrogen and oxygen atoms in total. The lowest BCUT2D eigenvalue weighted by molar-refractivity contribution is -0.149. The molecule has 1 heterocycles. The number of phenols is 1. The van der Waals surface area contributed by atoms with Crippen molar-refractivity contribution in [3.8, 4) is 5.75 Å². The summed E-state index contributed by atoms with van der Waals surface area (Å²) in [5, 5.41) is 11.5. The predicted molar refractivity (Wildman–Crippen MR) is 146 cm³/mol. The standard InChI is InChI=1S/C30H21BrClNO4/c31-25-17-22(32)16-23(28(25)35)24(18-26(34)19-10-4-1-5-11-19)30(21-14-8-3-9-15-21)33-27(29(36)37-30)20-12-6-2-7-13-20/h1-17,24,35H,18H2/t24-,30-/m1/s1. The lowest BCUT2D eigenvalue weighted by atomic mass is 9.79. The van der Waals surface area contributed by atoms with E-state index < -0.39 is 17.6 Å². The highest BCUT2D eigenvalue weighted by Crippen LogP contribution is 2.51. The Morgan fingerprint density at radius 2 is 1.54 bits per heavy atom. The van der Waals surface area contributed by atoms with Gasteiger partial charge in [-0.1, -0.05) is 103 Å². The predicted octanol–water partition coefficient (Wildman–Crippen LogP) is 7.06. The van der Waals surface area contributed by atoms with Crippen molar-refractivity contribution in [2.24, 2.45) is 4.99 Å². The molecular weight excluding hydrogens is 554 g/mol. The third kappa shape index (κ3) is 4.82. The molecule has 184 valence electrons. The normalized spacial score (nSPS) is 17.7. The van der Waals surface area contributed by atoms with Crippen LogP contribution in [0.25, 0.3) is 0 Å². The highest BCUT2D eigenvalue weighted by atomic mass is 79.9. The Bertz CT molecular complexity index is 1490. The van der Waals surface area contributed by atoms with E-state index in [-0.39, 0.29) is 23.7 Å². The van der Waals surface area contributed by atoms with Crippen molar-refractivity contribution in [2.75, 3.05) is 0 Å². The summed E-state index contributed by atoms with van der Waals surface area (Å²) in [5.41, 5.74) is 0.495. The van der Waals surface area contributed by atoms with Crippen LogP contribution in [0.4, 0.5) is 0 Å². The van der Waals surface area contributed by atoms with Crippen molar-refractivity contribution >= 4 is 45.0 Å². The van der Waals surface area contributed by atoms with Gasteiger partial charge in [0.1, 0.15) is 5.75 Å². The molecule has 4 aromatic carbocycles. The lowest BCUT2D eigenvalue weighted by Gasteiger charge is -2.34. The molecule has 0 unspecified atom stereocenters. The van der Waals surface area contributed by atoms with E-state index in [1.165, 1.54) is 0 Å². The lowest BCUT2D eigenvalue weighted by Crippen LogP contribution is -2.35. The molecule has 1 N–H and O–H groups in total. The number of cyclic esters (lactones) is 1. The summed E-state index contributed by atoms with van der Waals surface area (Å²) < 4.78 is 6.48. The van der Waals surface area contributed by atoms with E-state index in [0.717, 1.165) is 0 Å². The molecule has 5 rings (SSSR count). The first-order chi connectivity index (χ1) is 17.9. The van der Waals surface area contributed by atoms with Gasteiger partial charge in [0.05, 0.1) is 10.4 Å². The Hall–Kier alpha value is -3.74. The maximum Gasteiger partial charge on any atom is 0.359 e. The maximum atomic E-state index is 13.6. The minimum atomic E-state index is -1.63. The molecule has 0 radical (unpaired) electrons. The van der Waals surface area contributed by atoms with Crippen LogP contribution >= 0.6 is 27.5 Å². The van der Waals surface area contributed by atoms with Crippen LogP contribution in [0.1, 0.15) is 39.4 Å². The largest absolute Gasteiger partial charge is 0.506 e. The summed E-state index contributed by atoms with van der Waals surface area (Å²) in [7, 11) is 0. The third-order valence-corrected chi connectivity index (χ3v) is 7.17. The second kappa shape index (κ2) is 10.3. The number of halogens is 2. The first-order valence-corrected chi connectivity index (χ1v) is 12.8. The fourth-order valence-electron chi connectivity index (χ4n) is 4.59. The van der Waals surface area contributed by atoms with Crippen LogP contribution in [0.15, 0.2) is 113 Å². The van der Waals surface area contributed by atoms with Crippen LogP contribution in [0.3, 0.4) is 0 Å². The van der Waals surface area contributed by atoms with Gasteiger partial charge in [-0.2, -0.15) is 0 Å². The van der Waals surface area contributed by atoms with Crippen molar-refractivity contribution in [3.05, 3.63) is 135 Å². The van der Waals surface area contributed by atoms with Gasteiger partial charge >= 0.3 is 5.97 Å². The van der Waals surface area contributed by atoms with Crippen molar-refractivity contribution in [1.82, 2.24) is 0 Å². The molecule has 7 heteroatoms. The van der Waals surface area contributed by atoms with Crippen LogP contribution in [0.5, 0.6) is 5.75 Å². The first-order valence-electron chi connectivity index (χ1n) is 11.6. The average Bonchev–Trinajstić information content (AvgIpc) is 3.29. The molecule has 0 spiro atoms. The van der Waals surface area contributed by atoms with E-state index in [4.69, 9.17) is 21.3 Å². The summed E-state index contributed by atoms with van der Waals surface area (Å²) in [6.45, 7) is 0. The van der Waals surface area contributed by atoms with Crippen LogP contribution in [0, 0.1) is 0 Å². The molecular formula is C30H21BrClNO4. The number of aromatic hydroxyl groups is 1. The van der Waals surface area contributed by atoms with Gasteiger partial charge in [0.25, 0.3) is 0 Å². The monoisotopic (exact) mass is 573 g/mol. The molecule has 4 aromatic rings. The number of ketones is 1. The van der Waals surface area contributed by atoms with Gasteiger partial charge in [0.15, 0.2) is 11.5 Å². The molecule has 37 heavy (non-hydrogen) atoms. The Morgan fingerprint density at radius 1 is 0.946 bits per heavy atom. The number of benzene rings is 4. The van der Waals surface area contributed by atoms with Gasteiger partial charge < -0.3 is 9.84 Å². The van der Waals surface area contributed by atoms with E-state index in [9.17, 15) is 14.7 Å². The number of esters is 1. The zero-order chi connectivity index (χ0) is 26.0. The molecule has 0 fully saturated rings. The number of carbonyl (C=O) groups excluding carboxylic acids is 2. The Kier molecular flexibility index (Phi) is 6.96. The zero-order valence-electron chi connectivity index (χ0n) is 19.5. The Morgan fingerprint density at radius 3 is 2.19 bits per heavy atom. The minimum absolute atomic E-state index is 0.107. The van der Waals surface area contributed by atoms with Crippen LogP contribution in [-0.4, -0.2) is 22.6 Å². The molecule has 0 amide bonds. The fourth-order valence-corrected chi connectivity index (χ4v) is 5.43. The quantitative estimate of drug-likeness (QED) is 0.189. The molecule has 2 atom stereocenters. The number of phenolic OH excluding ortho intramolecular Hbond substituents is 1. The number of hydrogen-bond donors (Lipinski definition) is 1. The number of nitrogens with zero attached hydrogens (tertiary/aromatic N) is 1. The number of hydrogen-bond acceptors (Lipinski definition) is 5. The van der Waals surface area contributed by atoms with Gasteiger partial charge in [-0.05, 0) is 28.1 Å².